The molecule has 1 heterocycles. The number of carbonyl (C=O) groups excluding carboxylic acids is 1. The number of hydrogen-bond acceptors (Lipinski definition) is 2. The smallest absolute Gasteiger partial charge is 0.244 e. The van der Waals surface area contributed by atoms with Crippen molar-refractivity contribution in [1.29, 1.82) is 0 Å². The first kappa shape index (κ1) is 10.3. The number of aromatic nitrogens is 2. The van der Waals surface area contributed by atoms with Gasteiger partial charge in [0.1, 0.15) is 5.82 Å². The zero-order chi connectivity index (χ0) is 11.0. The largest absolute Gasteiger partial charge is 0.273 e. The van der Waals surface area contributed by atoms with Crippen LogP contribution in [-0.4, -0.2) is 15.7 Å². The Morgan fingerprint density at radius 2 is 2.33 bits per heavy atom. The van der Waals surface area contributed by atoms with Gasteiger partial charge in [-0.15, -0.1) is 0 Å². The Bertz CT molecular complexity index is 535. The molecule has 0 N–H and O–H groups in total. The van der Waals surface area contributed by atoms with Crippen molar-refractivity contribution in [2.75, 3.05) is 0 Å². The third kappa shape index (κ3) is 1.67. The normalized spacial score (nSPS) is 10.9. The molecule has 78 valence electrons. The minimum absolute atomic E-state index is 0.224. The lowest BCUT2D eigenvalue weighted by Crippen LogP contribution is -2.07. The molecule has 1 aromatic carbocycles. The van der Waals surface area contributed by atoms with E-state index < -0.39 is 0 Å². The van der Waals surface area contributed by atoms with Crippen LogP contribution in [0.15, 0.2) is 18.2 Å². The highest BCUT2D eigenvalue weighted by atomic mass is 79.9. The lowest BCUT2D eigenvalue weighted by Gasteiger charge is -1.95. The average Bonchev–Trinajstić information content (AvgIpc) is 2.55. The molecule has 0 aliphatic heterocycles. The molecule has 0 aliphatic rings. The van der Waals surface area contributed by atoms with E-state index in [9.17, 15) is 9.18 Å². The van der Waals surface area contributed by atoms with E-state index >= 15 is 0 Å². The molecule has 3 nitrogen and oxygen atoms in total. The molecule has 1 aromatic heterocycles. The summed E-state index contributed by atoms with van der Waals surface area (Å²) in [5.74, 6) is -0.594. The molecule has 0 bridgehead atoms. The molecule has 0 spiro atoms. The highest BCUT2D eigenvalue weighted by molar-refractivity contribution is 9.08. The Labute approximate surface area is 94.0 Å². The van der Waals surface area contributed by atoms with Crippen molar-refractivity contribution in [3.05, 3.63) is 29.7 Å². The van der Waals surface area contributed by atoms with Crippen LogP contribution in [0.3, 0.4) is 0 Å². The second-order valence-electron chi connectivity index (χ2n) is 3.17. The zero-order valence-electron chi connectivity index (χ0n) is 8.00. The van der Waals surface area contributed by atoms with Gasteiger partial charge in [0.15, 0.2) is 0 Å². The Morgan fingerprint density at radius 1 is 1.60 bits per heavy atom. The fraction of sp³-hybridized carbons (Fsp3) is 0.200. The zero-order valence-corrected chi connectivity index (χ0v) is 9.58. The van der Waals surface area contributed by atoms with E-state index in [4.69, 9.17) is 0 Å². The van der Waals surface area contributed by atoms with E-state index in [-0.39, 0.29) is 11.7 Å². The van der Waals surface area contributed by atoms with Crippen molar-refractivity contribution >= 4 is 32.7 Å². The van der Waals surface area contributed by atoms with E-state index in [1.54, 1.807) is 6.07 Å². The maximum Gasteiger partial charge on any atom is 0.244 e. The maximum absolute atomic E-state index is 13.0. The number of nitrogens with zero attached hydrogens (tertiary/aromatic N) is 2. The fourth-order valence-corrected chi connectivity index (χ4v) is 1.91. The topological polar surface area (TPSA) is 34.9 Å². The number of fused-ring (bicyclic) bond motifs is 1. The van der Waals surface area contributed by atoms with Gasteiger partial charge in [0, 0.05) is 23.7 Å². The number of hydrogen-bond donors (Lipinski definition) is 0. The summed E-state index contributed by atoms with van der Waals surface area (Å²) in [6, 6.07) is 4.31. The molecule has 5 heteroatoms. The third-order valence-corrected chi connectivity index (χ3v) is 2.68. The predicted molar refractivity (Wildman–Crippen MR) is 58.6 cm³/mol. The first-order chi connectivity index (χ1) is 7.13. The lowest BCUT2D eigenvalue weighted by atomic mass is 10.2. The van der Waals surface area contributed by atoms with Crippen LogP contribution in [-0.2, 0) is 5.33 Å². The molecule has 0 saturated heterocycles. The molecule has 15 heavy (non-hydrogen) atoms. The first-order valence-corrected chi connectivity index (χ1v) is 5.49. The van der Waals surface area contributed by atoms with Gasteiger partial charge < -0.3 is 0 Å². The summed E-state index contributed by atoms with van der Waals surface area (Å²) >= 11 is 3.28. The van der Waals surface area contributed by atoms with Gasteiger partial charge in [0.25, 0.3) is 0 Å². The molecule has 0 fully saturated rings. The molecule has 0 radical (unpaired) electrons. The number of carbonyl (C=O) groups is 1. The Hall–Kier alpha value is -1.23. The molecular weight excluding hydrogens is 263 g/mol. The summed E-state index contributed by atoms with van der Waals surface area (Å²) in [6.45, 7) is 1.40. The number of benzene rings is 1. The van der Waals surface area contributed by atoms with Crippen LogP contribution in [0.2, 0.25) is 0 Å². The Balaban J connectivity index is 2.81. The van der Waals surface area contributed by atoms with Crippen molar-refractivity contribution in [2.45, 2.75) is 12.3 Å². The predicted octanol–water partition coefficient (Wildman–Crippen LogP) is 2.73. The van der Waals surface area contributed by atoms with Crippen LogP contribution in [0.4, 0.5) is 4.39 Å². The van der Waals surface area contributed by atoms with Crippen molar-refractivity contribution in [1.82, 2.24) is 9.78 Å². The van der Waals surface area contributed by atoms with Crippen LogP contribution in [0.5, 0.6) is 0 Å². The number of alkyl halides is 1. The monoisotopic (exact) mass is 270 g/mol. The van der Waals surface area contributed by atoms with Crippen LogP contribution < -0.4 is 0 Å². The molecule has 0 unspecified atom stereocenters. The van der Waals surface area contributed by atoms with Crippen LogP contribution >= 0.6 is 15.9 Å². The van der Waals surface area contributed by atoms with Gasteiger partial charge in [-0.3, -0.25) is 4.79 Å². The summed E-state index contributed by atoms with van der Waals surface area (Å²) in [4.78, 5) is 11.3. The summed E-state index contributed by atoms with van der Waals surface area (Å²) in [7, 11) is 0. The molecule has 0 aliphatic carbocycles. The van der Waals surface area contributed by atoms with Gasteiger partial charge in [-0.25, -0.2) is 4.39 Å². The highest BCUT2D eigenvalue weighted by Gasteiger charge is 2.12. The average molecular weight is 271 g/mol. The second kappa shape index (κ2) is 3.73. The van der Waals surface area contributed by atoms with Gasteiger partial charge in [0.2, 0.25) is 5.91 Å². The molecule has 2 rings (SSSR count). The third-order valence-electron chi connectivity index (χ3n) is 2.14. The van der Waals surface area contributed by atoms with Crippen LogP contribution in [0.25, 0.3) is 10.9 Å². The molecule has 0 atom stereocenters. The van der Waals surface area contributed by atoms with Gasteiger partial charge in [-0.2, -0.15) is 9.78 Å². The standard InChI is InChI=1S/C10H8BrFN2O/c1-6(15)14-10-4-7(12)2-3-8(10)9(5-11)13-14/h2-4H,5H2,1H3. The maximum atomic E-state index is 13.0. The van der Waals surface area contributed by atoms with Gasteiger partial charge in [-0.05, 0) is 12.1 Å². The Kier molecular flexibility index (Phi) is 2.56. The first-order valence-electron chi connectivity index (χ1n) is 4.37. The van der Waals surface area contributed by atoms with Gasteiger partial charge in [-0.1, -0.05) is 15.9 Å². The Morgan fingerprint density at radius 3 is 2.93 bits per heavy atom. The molecule has 2 aromatic rings. The number of rotatable bonds is 1. The van der Waals surface area contributed by atoms with E-state index in [1.807, 2.05) is 0 Å². The summed E-state index contributed by atoms with van der Waals surface area (Å²) < 4.78 is 14.2. The SMILES string of the molecule is CC(=O)n1nc(CBr)c2ccc(F)cc21. The van der Waals surface area contributed by atoms with Crippen molar-refractivity contribution < 1.29 is 9.18 Å². The number of halogens is 2. The van der Waals surface area contributed by atoms with E-state index in [2.05, 4.69) is 21.0 Å². The van der Waals surface area contributed by atoms with Crippen molar-refractivity contribution in [3.63, 3.8) is 0 Å². The molecular formula is C10H8BrFN2O. The summed E-state index contributed by atoms with van der Waals surface area (Å²) in [5, 5.41) is 5.43. The fourth-order valence-electron chi connectivity index (χ4n) is 1.49. The minimum Gasteiger partial charge on any atom is -0.273 e. The van der Waals surface area contributed by atoms with E-state index in [1.165, 1.54) is 23.7 Å². The lowest BCUT2D eigenvalue weighted by molar-refractivity contribution is 0.0926. The molecule has 0 amide bonds. The summed E-state index contributed by atoms with van der Waals surface area (Å²) in [6.07, 6.45) is 0. The molecule has 0 saturated carbocycles. The van der Waals surface area contributed by atoms with E-state index in [0.717, 1.165) is 11.1 Å². The summed E-state index contributed by atoms with van der Waals surface area (Å²) in [5.41, 5.74) is 1.25. The van der Waals surface area contributed by atoms with E-state index in [0.29, 0.717) is 10.8 Å². The van der Waals surface area contributed by atoms with Gasteiger partial charge >= 0.3 is 0 Å². The van der Waals surface area contributed by atoms with Crippen LogP contribution in [0.1, 0.15) is 17.4 Å². The van der Waals surface area contributed by atoms with Crippen molar-refractivity contribution in [3.8, 4) is 0 Å². The van der Waals surface area contributed by atoms with Crippen LogP contribution in [0, 0.1) is 5.82 Å². The minimum atomic E-state index is -0.369. The highest BCUT2D eigenvalue weighted by Crippen LogP contribution is 2.21. The van der Waals surface area contributed by atoms with Gasteiger partial charge in [0.05, 0.1) is 11.2 Å². The van der Waals surface area contributed by atoms with Crippen molar-refractivity contribution in [2.24, 2.45) is 0 Å². The second-order valence-corrected chi connectivity index (χ2v) is 3.73. The quantitative estimate of drug-likeness (QED) is 0.747.